The van der Waals surface area contributed by atoms with Crippen molar-refractivity contribution in [2.24, 2.45) is 5.92 Å². The molecule has 1 aromatic carbocycles. The van der Waals surface area contributed by atoms with E-state index in [-0.39, 0.29) is 6.10 Å². The molecular weight excluding hydrogens is 382 g/mol. The predicted molar refractivity (Wildman–Crippen MR) is 114 cm³/mol. The molecule has 9 heteroatoms. The first-order valence-corrected chi connectivity index (χ1v) is 10.0. The van der Waals surface area contributed by atoms with E-state index in [4.69, 9.17) is 16.2 Å². The molecule has 5 rings (SSSR count). The fourth-order valence-corrected chi connectivity index (χ4v) is 4.00. The summed E-state index contributed by atoms with van der Waals surface area (Å²) >= 11 is 0. The summed E-state index contributed by atoms with van der Waals surface area (Å²) in [5.74, 6) is 2.15. The first kappa shape index (κ1) is 18.6. The van der Waals surface area contributed by atoms with Gasteiger partial charge in [0.2, 0.25) is 0 Å². The van der Waals surface area contributed by atoms with Gasteiger partial charge in [0.25, 0.3) is 0 Å². The number of imidazole rings is 1. The minimum absolute atomic E-state index is 0.187. The van der Waals surface area contributed by atoms with Gasteiger partial charge in [0.15, 0.2) is 11.5 Å². The molecule has 0 saturated heterocycles. The van der Waals surface area contributed by atoms with Crippen LogP contribution >= 0.6 is 0 Å². The first-order chi connectivity index (χ1) is 14.6. The lowest BCUT2D eigenvalue weighted by molar-refractivity contribution is 0.0376. The largest absolute Gasteiger partial charge is 0.490 e. The van der Waals surface area contributed by atoms with Crippen molar-refractivity contribution in [3.63, 3.8) is 0 Å². The Balaban J connectivity index is 1.14. The van der Waals surface area contributed by atoms with E-state index in [9.17, 15) is 5.11 Å². The number of nitrogens with two attached hydrogens (primary N) is 2. The number of anilines is 2. The first-order valence-electron chi connectivity index (χ1n) is 10.0. The maximum atomic E-state index is 10.6. The predicted octanol–water partition coefficient (Wildman–Crippen LogP) is 2.67. The summed E-state index contributed by atoms with van der Waals surface area (Å²) < 4.78 is 7.74. The lowest BCUT2D eigenvalue weighted by Gasteiger charge is -2.36. The van der Waals surface area contributed by atoms with E-state index in [0.717, 1.165) is 35.9 Å². The van der Waals surface area contributed by atoms with E-state index in [1.807, 2.05) is 24.3 Å². The van der Waals surface area contributed by atoms with Crippen molar-refractivity contribution in [1.82, 2.24) is 24.5 Å². The molecule has 1 saturated carbocycles. The zero-order valence-corrected chi connectivity index (χ0v) is 16.3. The molecule has 1 aliphatic carbocycles. The van der Waals surface area contributed by atoms with Crippen LogP contribution in [0.2, 0.25) is 0 Å². The van der Waals surface area contributed by atoms with Crippen LogP contribution in [0, 0.1) is 5.92 Å². The highest BCUT2D eigenvalue weighted by atomic mass is 16.5. The van der Waals surface area contributed by atoms with Crippen LogP contribution in [0.5, 0.6) is 5.75 Å². The van der Waals surface area contributed by atoms with E-state index in [0.29, 0.717) is 35.1 Å². The number of aliphatic hydroxyl groups excluding tert-OH is 1. The summed E-state index contributed by atoms with van der Waals surface area (Å²) in [6.45, 7) is 0. The van der Waals surface area contributed by atoms with Gasteiger partial charge in [-0.2, -0.15) is 0 Å². The Hall–Kier alpha value is -3.46. The van der Waals surface area contributed by atoms with Gasteiger partial charge in [0, 0.05) is 11.5 Å². The van der Waals surface area contributed by atoms with Gasteiger partial charge in [-0.15, -0.1) is 0 Å². The molecule has 1 fully saturated rings. The number of aromatic nitrogens is 5. The number of pyridine rings is 1. The third-order valence-corrected chi connectivity index (χ3v) is 5.72. The summed E-state index contributed by atoms with van der Waals surface area (Å²) in [5.41, 5.74) is 13.5. The van der Waals surface area contributed by atoms with Crippen LogP contribution in [-0.2, 0) is 0 Å². The van der Waals surface area contributed by atoms with Gasteiger partial charge in [-0.1, -0.05) is 0 Å². The lowest BCUT2D eigenvalue weighted by Crippen LogP contribution is -2.34. The van der Waals surface area contributed by atoms with Crippen LogP contribution in [0.1, 0.15) is 31.9 Å². The van der Waals surface area contributed by atoms with Gasteiger partial charge in [0.1, 0.15) is 29.6 Å². The van der Waals surface area contributed by atoms with Crippen molar-refractivity contribution in [2.45, 2.75) is 38.0 Å². The van der Waals surface area contributed by atoms with Gasteiger partial charge < -0.3 is 21.3 Å². The van der Waals surface area contributed by atoms with Gasteiger partial charge in [-0.05, 0) is 55.9 Å². The molecule has 1 unspecified atom stereocenters. The monoisotopic (exact) mass is 405 g/mol. The molecule has 3 aromatic heterocycles. The van der Waals surface area contributed by atoms with Crippen molar-refractivity contribution in [1.29, 1.82) is 0 Å². The molecule has 30 heavy (non-hydrogen) atoms. The highest BCUT2D eigenvalue weighted by Gasteiger charge is 2.31. The minimum Gasteiger partial charge on any atom is -0.490 e. The molecule has 0 aliphatic heterocycles. The molecule has 1 atom stereocenters. The van der Waals surface area contributed by atoms with Crippen LogP contribution in [-0.4, -0.2) is 35.7 Å². The molecule has 9 nitrogen and oxygen atoms in total. The quantitative estimate of drug-likeness (QED) is 0.445. The molecule has 0 spiro atoms. The van der Waals surface area contributed by atoms with Crippen LogP contribution in [0.25, 0.3) is 22.1 Å². The summed E-state index contributed by atoms with van der Waals surface area (Å²) in [4.78, 5) is 16.7. The van der Waals surface area contributed by atoms with Crippen molar-refractivity contribution < 1.29 is 9.84 Å². The second-order valence-electron chi connectivity index (χ2n) is 7.81. The molecule has 4 aromatic rings. The number of benzene rings is 1. The SMILES string of the molecule is Nc1ccc2ccc(OC3CC(CCC(O)n4cnc5c(N)ncnc54)C3)cc2n1. The van der Waals surface area contributed by atoms with E-state index in [1.165, 1.54) is 6.33 Å². The molecular formula is C21H23N7O2. The van der Waals surface area contributed by atoms with Crippen LogP contribution in [0.4, 0.5) is 11.6 Å². The van der Waals surface area contributed by atoms with E-state index >= 15 is 0 Å². The topological polar surface area (TPSA) is 138 Å². The van der Waals surface area contributed by atoms with E-state index < -0.39 is 6.23 Å². The number of rotatable bonds is 6. The highest BCUT2D eigenvalue weighted by Crippen LogP contribution is 2.36. The Morgan fingerprint density at radius 3 is 2.83 bits per heavy atom. The van der Waals surface area contributed by atoms with Crippen LogP contribution < -0.4 is 16.2 Å². The summed E-state index contributed by atoms with van der Waals surface area (Å²) in [5, 5.41) is 11.6. The molecule has 0 bridgehead atoms. The van der Waals surface area contributed by atoms with Gasteiger partial charge in [0.05, 0.1) is 17.9 Å². The molecule has 0 radical (unpaired) electrons. The maximum absolute atomic E-state index is 10.6. The maximum Gasteiger partial charge on any atom is 0.167 e. The molecule has 0 amide bonds. The second-order valence-corrected chi connectivity index (χ2v) is 7.81. The minimum atomic E-state index is -0.693. The number of nitrogens with zero attached hydrogens (tertiary/aromatic N) is 5. The summed E-state index contributed by atoms with van der Waals surface area (Å²) in [7, 11) is 0. The zero-order chi connectivity index (χ0) is 20.7. The lowest BCUT2D eigenvalue weighted by atomic mass is 9.79. The van der Waals surface area contributed by atoms with Crippen molar-refractivity contribution in [3.05, 3.63) is 43.0 Å². The van der Waals surface area contributed by atoms with Gasteiger partial charge in [-0.3, -0.25) is 4.57 Å². The Bertz CT molecular complexity index is 1200. The Kier molecular flexibility index (Phi) is 4.59. The third-order valence-electron chi connectivity index (χ3n) is 5.72. The van der Waals surface area contributed by atoms with Crippen molar-refractivity contribution in [3.8, 4) is 5.75 Å². The van der Waals surface area contributed by atoms with Crippen molar-refractivity contribution >= 4 is 33.7 Å². The second kappa shape index (κ2) is 7.42. The van der Waals surface area contributed by atoms with E-state index in [2.05, 4.69) is 19.9 Å². The Morgan fingerprint density at radius 1 is 1.13 bits per heavy atom. The summed E-state index contributed by atoms with van der Waals surface area (Å²) in [6, 6.07) is 9.64. The molecule has 1 aliphatic rings. The van der Waals surface area contributed by atoms with Crippen LogP contribution in [0.15, 0.2) is 43.0 Å². The van der Waals surface area contributed by atoms with Gasteiger partial charge >= 0.3 is 0 Å². The number of hydrogen-bond acceptors (Lipinski definition) is 8. The standard InChI is InChI=1S/C21H23N7O2/c22-17-5-3-13-2-4-14(9-16(13)27-17)30-15-7-12(8-15)1-6-18(29)28-11-26-19-20(23)24-10-25-21(19)28/h2-5,9-12,15,18,29H,1,6-8H2,(H2,22,27)(H2,23,24,25). The Morgan fingerprint density at radius 2 is 1.97 bits per heavy atom. The van der Waals surface area contributed by atoms with E-state index in [1.54, 1.807) is 17.0 Å². The number of hydrogen-bond donors (Lipinski definition) is 3. The molecule has 3 heterocycles. The average molecular weight is 405 g/mol. The number of fused-ring (bicyclic) bond motifs is 2. The highest BCUT2D eigenvalue weighted by molar-refractivity contribution is 5.82. The summed E-state index contributed by atoms with van der Waals surface area (Å²) in [6.07, 6.45) is 5.89. The molecule has 5 N–H and O–H groups in total. The third kappa shape index (κ3) is 3.48. The fourth-order valence-electron chi connectivity index (χ4n) is 4.00. The number of ether oxygens (including phenoxy) is 1. The fraction of sp³-hybridized carbons (Fsp3) is 0.333. The number of nitrogen functional groups attached to an aromatic ring is 2. The smallest absolute Gasteiger partial charge is 0.167 e. The number of aliphatic hydroxyl groups is 1. The van der Waals surface area contributed by atoms with Gasteiger partial charge in [-0.25, -0.2) is 19.9 Å². The van der Waals surface area contributed by atoms with Crippen LogP contribution in [0.3, 0.4) is 0 Å². The van der Waals surface area contributed by atoms with Crippen molar-refractivity contribution in [2.75, 3.05) is 11.5 Å². The Labute approximate surface area is 172 Å². The zero-order valence-electron chi connectivity index (χ0n) is 16.3. The normalized spacial score (nSPS) is 19.6. The molecule has 154 valence electrons. The average Bonchev–Trinajstić information content (AvgIpc) is 3.14.